The Kier molecular flexibility index (Phi) is 5.81. The number of nitrogens with one attached hydrogen (secondary N) is 1. The number of hydrogen-bond donors (Lipinski definition) is 1. The second kappa shape index (κ2) is 8.68. The predicted molar refractivity (Wildman–Crippen MR) is 123 cm³/mol. The Labute approximate surface area is 182 Å². The van der Waals surface area contributed by atoms with Crippen molar-refractivity contribution in [1.82, 2.24) is 10.3 Å². The first-order valence-corrected chi connectivity index (χ1v) is 10.4. The molecular weight excluding hydrogens is 387 g/mol. The number of rotatable bonds is 5. The van der Waals surface area contributed by atoms with Crippen LogP contribution in [0.15, 0.2) is 66.2 Å². The third-order valence-corrected chi connectivity index (χ3v) is 5.53. The molecular formula is C27H25FN2O. The van der Waals surface area contributed by atoms with Gasteiger partial charge in [0.1, 0.15) is 5.82 Å². The fourth-order valence-corrected chi connectivity index (χ4v) is 4.10. The van der Waals surface area contributed by atoms with Crippen molar-refractivity contribution in [3.63, 3.8) is 0 Å². The molecule has 1 N–H and O–H groups in total. The van der Waals surface area contributed by atoms with Crippen LogP contribution in [0.1, 0.15) is 47.0 Å². The van der Waals surface area contributed by atoms with Gasteiger partial charge < -0.3 is 5.32 Å². The van der Waals surface area contributed by atoms with Crippen molar-refractivity contribution in [2.24, 2.45) is 0 Å². The largest absolute Gasteiger partial charge is 0.352 e. The molecule has 1 amide bonds. The van der Waals surface area contributed by atoms with E-state index >= 15 is 0 Å². The predicted octanol–water partition coefficient (Wildman–Crippen LogP) is 5.87. The normalized spacial score (nSPS) is 14.1. The van der Waals surface area contributed by atoms with Crippen molar-refractivity contribution < 1.29 is 9.18 Å². The van der Waals surface area contributed by atoms with Crippen molar-refractivity contribution in [1.29, 1.82) is 0 Å². The molecule has 0 bridgehead atoms. The smallest absolute Gasteiger partial charge is 0.224 e. The average Bonchev–Trinajstić information content (AvgIpc) is 2.97. The second-order valence-corrected chi connectivity index (χ2v) is 8.00. The van der Waals surface area contributed by atoms with Crippen LogP contribution in [0.2, 0.25) is 0 Å². The van der Waals surface area contributed by atoms with Crippen LogP contribution in [0.3, 0.4) is 0 Å². The molecule has 156 valence electrons. The van der Waals surface area contributed by atoms with E-state index in [9.17, 15) is 9.18 Å². The summed E-state index contributed by atoms with van der Waals surface area (Å²) in [4.78, 5) is 17.3. The Morgan fingerprint density at radius 3 is 2.52 bits per heavy atom. The fraction of sp³-hybridized carbons (Fsp3) is 0.185. The lowest BCUT2D eigenvalue weighted by Gasteiger charge is -2.08. The minimum Gasteiger partial charge on any atom is -0.352 e. The Bertz CT molecular complexity index is 1190. The van der Waals surface area contributed by atoms with E-state index in [0.29, 0.717) is 6.54 Å². The van der Waals surface area contributed by atoms with E-state index in [2.05, 4.69) is 10.3 Å². The van der Waals surface area contributed by atoms with Crippen molar-refractivity contribution in [3.8, 4) is 0 Å². The number of nitrogens with zero attached hydrogens (tertiary/aromatic N) is 1. The molecule has 4 heteroatoms. The second-order valence-electron chi connectivity index (χ2n) is 8.00. The Hall–Kier alpha value is -3.53. The van der Waals surface area contributed by atoms with Gasteiger partial charge in [-0.1, -0.05) is 36.4 Å². The number of carbonyl (C=O) groups excluding carboxylic acids is 1. The van der Waals surface area contributed by atoms with Gasteiger partial charge in [0.15, 0.2) is 0 Å². The monoisotopic (exact) mass is 412 g/mol. The van der Waals surface area contributed by atoms with Crippen molar-refractivity contribution >= 4 is 23.1 Å². The summed E-state index contributed by atoms with van der Waals surface area (Å²) in [6.07, 6.45) is 2.23. The Morgan fingerprint density at radius 1 is 1.00 bits per heavy atom. The molecule has 0 saturated carbocycles. The summed E-state index contributed by atoms with van der Waals surface area (Å²) in [7, 11) is 0. The first-order valence-electron chi connectivity index (χ1n) is 10.4. The number of halogens is 1. The van der Waals surface area contributed by atoms with E-state index in [0.717, 1.165) is 50.4 Å². The van der Waals surface area contributed by atoms with E-state index in [1.165, 1.54) is 12.1 Å². The number of hydrogen-bond acceptors (Lipinski definition) is 2. The molecule has 1 aliphatic rings. The fourth-order valence-electron chi connectivity index (χ4n) is 4.10. The van der Waals surface area contributed by atoms with Gasteiger partial charge in [-0.3, -0.25) is 9.78 Å². The maximum atomic E-state index is 14.1. The summed E-state index contributed by atoms with van der Waals surface area (Å²) in [5.41, 5.74) is 8.53. The molecule has 0 spiro atoms. The minimum atomic E-state index is -0.306. The standard InChI is InChI=1S/C27H25FN2O/c1-17-11-18(2)30-22(12-17)14-24-19(3)25(26-13-21(28)9-10-23(24)26)15-27(31)29-16-20-7-5-4-6-8-20/h4-14H,15-16H2,1-3H3,(H,29,31)/b24-14+. The lowest BCUT2D eigenvalue weighted by Crippen LogP contribution is -2.22. The van der Waals surface area contributed by atoms with Gasteiger partial charge in [-0.05, 0) is 90.1 Å². The summed E-state index contributed by atoms with van der Waals surface area (Å²) >= 11 is 0. The highest BCUT2D eigenvalue weighted by Crippen LogP contribution is 2.43. The van der Waals surface area contributed by atoms with Crippen molar-refractivity contribution in [2.45, 2.75) is 33.7 Å². The van der Waals surface area contributed by atoms with Gasteiger partial charge in [-0.15, -0.1) is 0 Å². The Morgan fingerprint density at radius 2 is 1.77 bits per heavy atom. The van der Waals surface area contributed by atoms with Crippen LogP contribution in [0.25, 0.3) is 17.2 Å². The SMILES string of the molecule is CC1=C(CC(=O)NCc2ccccc2)c2cc(F)ccc2/C1=C/c1cc(C)cc(C)n1. The van der Waals surface area contributed by atoms with Crippen LogP contribution in [0.5, 0.6) is 0 Å². The molecule has 4 rings (SSSR count). The lowest BCUT2D eigenvalue weighted by molar-refractivity contribution is -0.120. The minimum absolute atomic E-state index is 0.0841. The maximum absolute atomic E-state index is 14.1. The number of fused-ring (bicyclic) bond motifs is 1. The molecule has 0 unspecified atom stereocenters. The third kappa shape index (κ3) is 4.64. The molecule has 0 saturated heterocycles. The van der Waals surface area contributed by atoms with E-state index in [-0.39, 0.29) is 18.1 Å². The number of aromatic nitrogens is 1. The molecule has 0 radical (unpaired) electrons. The van der Waals surface area contributed by atoms with Gasteiger partial charge in [-0.2, -0.15) is 0 Å². The highest BCUT2D eigenvalue weighted by molar-refractivity contribution is 6.08. The number of aryl methyl sites for hydroxylation is 2. The molecule has 1 aliphatic carbocycles. The highest BCUT2D eigenvalue weighted by Gasteiger charge is 2.26. The molecule has 2 aromatic carbocycles. The summed E-state index contributed by atoms with van der Waals surface area (Å²) in [6.45, 7) is 6.47. The van der Waals surface area contributed by atoms with Gasteiger partial charge in [-0.25, -0.2) is 4.39 Å². The van der Waals surface area contributed by atoms with Crippen LogP contribution in [0.4, 0.5) is 4.39 Å². The summed E-state index contributed by atoms with van der Waals surface area (Å²) < 4.78 is 14.1. The van der Waals surface area contributed by atoms with E-state index < -0.39 is 0 Å². The topological polar surface area (TPSA) is 42.0 Å². The number of benzene rings is 2. The number of allylic oxidation sites excluding steroid dienone is 2. The number of amides is 1. The molecule has 0 fully saturated rings. The first-order chi connectivity index (χ1) is 14.9. The highest BCUT2D eigenvalue weighted by atomic mass is 19.1. The zero-order chi connectivity index (χ0) is 22.0. The summed E-state index contributed by atoms with van der Waals surface area (Å²) in [6, 6.07) is 18.6. The molecule has 3 nitrogen and oxygen atoms in total. The van der Waals surface area contributed by atoms with Gasteiger partial charge >= 0.3 is 0 Å². The number of pyridine rings is 1. The van der Waals surface area contributed by atoms with Gasteiger partial charge in [0.2, 0.25) is 5.91 Å². The summed E-state index contributed by atoms with van der Waals surface area (Å²) in [5.74, 6) is -0.390. The van der Waals surface area contributed by atoms with Crippen molar-refractivity contribution in [2.75, 3.05) is 0 Å². The van der Waals surface area contributed by atoms with E-state index in [1.807, 2.05) is 69.3 Å². The molecule has 31 heavy (non-hydrogen) atoms. The summed E-state index contributed by atoms with van der Waals surface area (Å²) in [5, 5.41) is 2.97. The van der Waals surface area contributed by atoms with E-state index in [1.54, 1.807) is 6.07 Å². The molecule has 3 aromatic rings. The Balaban J connectivity index is 1.65. The van der Waals surface area contributed by atoms with Crippen LogP contribution < -0.4 is 5.32 Å². The third-order valence-electron chi connectivity index (χ3n) is 5.53. The van der Waals surface area contributed by atoms with Gasteiger partial charge in [0.05, 0.1) is 12.1 Å². The molecule has 0 aliphatic heterocycles. The van der Waals surface area contributed by atoms with Crippen molar-refractivity contribution in [3.05, 3.63) is 106 Å². The lowest BCUT2D eigenvalue weighted by atomic mass is 10.0. The van der Waals surface area contributed by atoms with Crippen LogP contribution in [-0.4, -0.2) is 10.9 Å². The number of carbonyl (C=O) groups is 1. The van der Waals surface area contributed by atoms with Crippen LogP contribution in [-0.2, 0) is 11.3 Å². The van der Waals surface area contributed by atoms with Gasteiger partial charge in [0, 0.05) is 12.2 Å². The van der Waals surface area contributed by atoms with Gasteiger partial charge in [0.25, 0.3) is 0 Å². The quantitative estimate of drug-likeness (QED) is 0.569. The van der Waals surface area contributed by atoms with Crippen LogP contribution >= 0.6 is 0 Å². The maximum Gasteiger partial charge on any atom is 0.224 e. The molecule has 1 heterocycles. The van der Waals surface area contributed by atoms with Crippen LogP contribution in [0, 0.1) is 19.7 Å². The molecule has 1 aromatic heterocycles. The van der Waals surface area contributed by atoms with E-state index in [4.69, 9.17) is 0 Å². The average molecular weight is 413 g/mol. The zero-order valence-corrected chi connectivity index (χ0v) is 18.0. The molecule has 0 atom stereocenters. The first kappa shape index (κ1) is 20.7. The zero-order valence-electron chi connectivity index (χ0n) is 18.0.